The number of hydrogen-bond donors (Lipinski definition) is 33. The molecule has 18 amide bonds. The molecule has 812 valence electrons. The summed E-state index contributed by atoms with van der Waals surface area (Å²) in [6.07, 6.45) is -3.25. The summed E-state index contributed by atoms with van der Waals surface area (Å²) in [7, 11) is 0. The molecule has 36 N–H and O–H groups in total. The fraction of sp³-hybridized carbons (Fsp3) is 0.626. The molecule has 0 spiro atoms. The average molecular weight is 2070 g/mol. The molecule has 2 aromatic carbocycles. The third kappa shape index (κ3) is 49.0. The van der Waals surface area contributed by atoms with Crippen LogP contribution in [-0.4, -0.2) is 343 Å². The highest BCUT2D eigenvalue weighted by molar-refractivity contribution is 7.98. The van der Waals surface area contributed by atoms with Gasteiger partial charge in [-0.3, -0.25) is 102 Å². The molecule has 20 atom stereocenters. The molecule has 0 heterocycles. The van der Waals surface area contributed by atoms with Crippen molar-refractivity contribution in [2.75, 3.05) is 51.5 Å². The standard InChI is InChI=1S/C91H149N25O28S/c1-44(2)35-60(107-77(131)57(23-17-18-31-92)103-79(133)61(36-45(3)4)108-85(139)67(42-118)113-76(130)56(102-52(12)122)24-19-32-97-90(93)94)80(134)104-58(30-34-145-13)75(129)99-49(9)74(128)115-70(50(10)120)87(141)110-62(37-46(5)6)81(135)109-64(38-53-21-15-14-16-22-53)82(136)114-68(43-119)86(140)116-71(51(11)121)88(142)111-63(39-54-26-28-55(123)29-27-54)78(132)100-48(8)73(127)112-66(41-117)84(138)101-47(7)72(126)106-65(40-69(124)125)83(137)105-59(89(143)144)25-20-33-98-91(95)96/h14-16,21-22,26-29,44-51,56-68,70-71,117-121,123H,17-20,23-25,30-43,92H2,1-13H3,(H,99,129)(H,100,132)(H,101,138)(H,102,122)(H,103,133)(H,104,134)(H,105,137)(H,106,126)(H,107,131)(H,108,139)(H,109,135)(H,110,141)(H,111,142)(H,112,127)(H,113,130)(H,114,136)(H,115,128)(H,116,140)(H,124,125)(H,143,144)(H4,93,94,97)(H4,95,96,98)/t47-,48-,49-,50+,51+,56-,57-,58-,59-,60-,61-,62-,63-,64-,65-,66-,67-,68-,70-,71-/m0/s1. The number of unbranched alkanes of at least 4 members (excludes halogenated alkanes) is 1. The molecule has 0 saturated heterocycles. The maximum absolute atomic E-state index is 14.7. The molecule has 0 aromatic heterocycles. The fourth-order valence-electron chi connectivity index (χ4n) is 14.1. The number of thioether (sulfide) groups is 1. The van der Waals surface area contributed by atoms with E-state index in [0.29, 0.717) is 12.0 Å². The molecule has 2 aromatic rings. The molecular weight excluding hydrogens is 1920 g/mol. The summed E-state index contributed by atoms with van der Waals surface area (Å²) in [4.78, 5) is 275. The lowest BCUT2D eigenvalue weighted by atomic mass is 10.00. The largest absolute Gasteiger partial charge is 0.508 e. The van der Waals surface area contributed by atoms with Gasteiger partial charge in [0.05, 0.1) is 38.4 Å². The van der Waals surface area contributed by atoms with E-state index in [1.807, 2.05) is 0 Å². The van der Waals surface area contributed by atoms with Gasteiger partial charge in [-0.15, -0.1) is 0 Å². The van der Waals surface area contributed by atoms with Crippen LogP contribution in [0.4, 0.5) is 0 Å². The first-order valence-electron chi connectivity index (χ1n) is 47.3. The van der Waals surface area contributed by atoms with E-state index in [9.17, 15) is 137 Å². The molecule has 0 aliphatic heterocycles. The van der Waals surface area contributed by atoms with Crippen LogP contribution < -0.4 is 124 Å². The number of amides is 18. The van der Waals surface area contributed by atoms with Crippen LogP contribution >= 0.6 is 11.8 Å². The monoisotopic (exact) mass is 2070 g/mol. The number of carboxylic acids is 2. The Kier molecular flexibility index (Phi) is 58.2. The highest BCUT2D eigenvalue weighted by atomic mass is 32.2. The molecule has 0 saturated carbocycles. The van der Waals surface area contributed by atoms with E-state index >= 15 is 0 Å². The van der Waals surface area contributed by atoms with Crippen molar-refractivity contribution < 1.29 is 137 Å². The minimum absolute atomic E-state index is 0.0192. The first-order chi connectivity index (χ1) is 68.1. The van der Waals surface area contributed by atoms with Crippen LogP contribution in [-0.2, 0) is 109 Å². The molecule has 0 radical (unpaired) electrons. The molecule has 0 aliphatic rings. The molecule has 53 nitrogen and oxygen atoms in total. The van der Waals surface area contributed by atoms with Crippen molar-refractivity contribution in [3.8, 4) is 5.75 Å². The number of phenolic OH excluding ortho intramolecular Hbond substituents is 1. The minimum Gasteiger partial charge on any atom is -0.508 e. The van der Waals surface area contributed by atoms with Gasteiger partial charge in [-0.2, -0.15) is 11.8 Å². The van der Waals surface area contributed by atoms with E-state index in [1.165, 1.54) is 49.9 Å². The summed E-state index contributed by atoms with van der Waals surface area (Å²) >= 11 is 1.29. The highest BCUT2D eigenvalue weighted by Crippen LogP contribution is 2.18. The van der Waals surface area contributed by atoms with Gasteiger partial charge in [-0.1, -0.05) is 84.0 Å². The smallest absolute Gasteiger partial charge is 0.326 e. The number of aliphatic hydroxyl groups is 5. The number of aliphatic carboxylic acids is 2. The summed E-state index contributed by atoms with van der Waals surface area (Å²) in [5.41, 5.74) is 17.1. The minimum atomic E-state index is -2.04. The molecule has 54 heteroatoms. The molecule has 145 heavy (non-hydrogen) atoms. The first kappa shape index (κ1) is 127. The van der Waals surface area contributed by atoms with Gasteiger partial charge < -0.3 is 164 Å². The van der Waals surface area contributed by atoms with Crippen LogP contribution in [0.5, 0.6) is 5.75 Å². The number of aliphatic hydroxyl groups excluding tert-OH is 5. The van der Waals surface area contributed by atoms with Crippen molar-refractivity contribution in [3.05, 3.63) is 65.7 Å². The summed E-state index contributed by atoms with van der Waals surface area (Å²) in [6.45, 7) is 14.1. The van der Waals surface area contributed by atoms with Crippen LogP contribution in [0.25, 0.3) is 0 Å². The number of rotatable bonds is 68. The SMILES string of the molecule is CSCC[C@H](NC(=O)[C@H](CC(C)C)NC(=O)[C@H](CCCCN)NC(=O)[C@H](CC(C)C)NC(=O)[C@H](CO)NC(=O)[C@H](CCCNC(=N)N)NC(C)=O)C(=O)N[C@@H](C)C(=O)N[C@H](C(=O)N[C@@H](CC(C)C)C(=O)N[C@@H](Cc1ccccc1)C(=O)N[C@@H](CO)C(=O)N[C@H](C(=O)N[C@@H](Cc1ccc(O)cc1)C(=O)N[C@@H](C)C(=O)N[C@@H](CO)C(=O)N[C@@H](C)C(=O)N[C@@H](CC(=O)O)C(=O)N[C@@H](CCCNC(=N)N)C(=O)O)[C@@H](C)O)[C@@H](C)O. The van der Waals surface area contributed by atoms with E-state index in [0.717, 1.165) is 27.7 Å². The Morgan fingerprint density at radius 2 is 0.628 bits per heavy atom. The van der Waals surface area contributed by atoms with Crippen LogP contribution in [0.1, 0.15) is 171 Å². The lowest BCUT2D eigenvalue weighted by molar-refractivity contribution is -0.144. The Bertz CT molecular complexity index is 4660. The Morgan fingerprint density at radius 1 is 0.338 bits per heavy atom. The highest BCUT2D eigenvalue weighted by Gasteiger charge is 2.41. The van der Waals surface area contributed by atoms with Crippen LogP contribution in [0.2, 0.25) is 0 Å². The number of nitrogens with one attached hydrogen (secondary N) is 22. The van der Waals surface area contributed by atoms with Crippen molar-refractivity contribution in [3.63, 3.8) is 0 Å². The van der Waals surface area contributed by atoms with E-state index in [2.05, 4.69) is 106 Å². The molecule has 0 unspecified atom stereocenters. The topological polar surface area (TPSA) is 870 Å². The summed E-state index contributed by atoms with van der Waals surface area (Å²) < 4.78 is 0. The number of guanidine groups is 2. The Hall–Kier alpha value is -13.7. The number of phenols is 1. The lowest BCUT2D eigenvalue weighted by Gasteiger charge is -2.29. The molecule has 0 fully saturated rings. The second-order valence-corrected chi connectivity index (χ2v) is 37.1. The van der Waals surface area contributed by atoms with Crippen LogP contribution in [0, 0.1) is 28.6 Å². The third-order valence-electron chi connectivity index (χ3n) is 21.9. The van der Waals surface area contributed by atoms with Crippen LogP contribution in [0.15, 0.2) is 54.6 Å². The number of carboxylic acid groups (broad SMARTS) is 2. The molecule has 2 rings (SSSR count). The summed E-state index contributed by atoms with van der Waals surface area (Å²) in [6, 6.07) is -16.4. The van der Waals surface area contributed by atoms with Crippen molar-refractivity contribution in [2.24, 2.45) is 35.0 Å². The fourth-order valence-corrected chi connectivity index (χ4v) is 14.6. The maximum Gasteiger partial charge on any atom is 0.326 e. The zero-order chi connectivity index (χ0) is 110. The Labute approximate surface area is 843 Å². The second-order valence-electron chi connectivity index (χ2n) is 36.1. The van der Waals surface area contributed by atoms with Gasteiger partial charge in [-0.05, 0) is 165 Å². The van der Waals surface area contributed by atoms with Gasteiger partial charge in [0.15, 0.2) is 11.9 Å². The number of hydrogen-bond acceptors (Lipinski definition) is 30. The van der Waals surface area contributed by atoms with Gasteiger partial charge in [0.1, 0.15) is 115 Å². The predicted octanol–water partition coefficient (Wildman–Crippen LogP) is -9.17. The van der Waals surface area contributed by atoms with Gasteiger partial charge in [0.25, 0.3) is 0 Å². The Morgan fingerprint density at radius 3 is 1.01 bits per heavy atom. The van der Waals surface area contributed by atoms with Crippen molar-refractivity contribution >= 4 is 142 Å². The van der Waals surface area contributed by atoms with Gasteiger partial charge in [-0.25, -0.2) is 4.79 Å². The van der Waals surface area contributed by atoms with E-state index in [-0.39, 0.29) is 125 Å². The zero-order valence-corrected chi connectivity index (χ0v) is 84.5. The Balaban J connectivity index is 2.42. The van der Waals surface area contributed by atoms with Gasteiger partial charge in [0.2, 0.25) is 106 Å². The second kappa shape index (κ2) is 66.3. The number of benzene rings is 2. The third-order valence-corrected chi connectivity index (χ3v) is 22.5. The van der Waals surface area contributed by atoms with Gasteiger partial charge >= 0.3 is 11.9 Å². The molecular formula is C91H149N25O28S. The average Bonchev–Trinajstić information content (AvgIpc) is 0.853. The zero-order valence-electron chi connectivity index (χ0n) is 83.7. The van der Waals surface area contributed by atoms with Crippen molar-refractivity contribution in [1.82, 2.24) is 106 Å². The number of carbonyl (C=O) groups is 20. The lowest BCUT2D eigenvalue weighted by Crippen LogP contribution is -2.63. The number of carbonyl (C=O) groups excluding carboxylic acids is 18. The number of nitrogens with two attached hydrogens (primary N) is 3. The van der Waals surface area contributed by atoms with Gasteiger partial charge in [0, 0.05) is 32.9 Å². The van der Waals surface area contributed by atoms with Crippen molar-refractivity contribution in [2.45, 2.75) is 294 Å². The maximum atomic E-state index is 14.7. The number of aromatic hydroxyl groups is 1. The van der Waals surface area contributed by atoms with Crippen molar-refractivity contribution in [1.29, 1.82) is 10.8 Å². The van der Waals surface area contributed by atoms with E-state index < -0.39 is 284 Å². The summed E-state index contributed by atoms with van der Waals surface area (Å²) in [5.74, 6) is -23.8. The van der Waals surface area contributed by atoms with E-state index in [4.69, 9.17) is 28.0 Å². The summed E-state index contributed by atoms with van der Waals surface area (Å²) in [5, 5.41) is 146. The van der Waals surface area contributed by atoms with E-state index in [1.54, 1.807) is 78.1 Å². The predicted molar refractivity (Wildman–Crippen MR) is 526 cm³/mol. The quantitative estimate of drug-likeness (QED) is 0.0166. The first-order valence-corrected chi connectivity index (χ1v) is 48.7. The normalized spacial score (nSPS) is 15.3. The van der Waals surface area contributed by atoms with Crippen LogP contribution in [0.3, 0.4) is 0 Å². The molecule has 0 aliphatic carbocycles. The molecule has 0 bridgehead atoms.